The molecule has 0 aliphatic rings. The van der Waals surface area contributed by atoms with E-state index in [1.165, 1.54) is 0 Å². The van der Waals surface area contributed by atoms with Crippen molar-refractivity contribution in [2.24, 2.45) is 0 Å². The smallest absolute Gasteiger partial charge is 0.254 e. The molecule has 0 fully saturated rings. The average Bonchev–Trinajstić information content (AvgIpc) is 2.99. The number of carbonyl (C=O) groups excluding carboxylic acids is 1. The summed E-state index contributed by atoms with van der Waals surface area (Å²) >= 11 is 0. The molecule has 0 N–H and O–H groups in total. The minimum Gasteiger partial charge on any atom is -0.331 e. The Kier molecular flexibility index (Phi) is 5.43. The first-order chi connectivity index (χ1) is 12.2. The third-order valence-corrected chi connectivity index (χ3v) is 4.16. The fourth-order valence-corrected chi connectivity index (χ4v) is 3.04. The van der Waals surface area contributed by atoms with Crippen molar-refractivity contribution >= 4 is 17.1 Å². The van der Waals surface area contributed by atoms with E-state index in [-0.39, 0.29) is 5.91 Å². The molecule has 3 rings (SSSR count). The molecule has 1 amide bonds. The third-order valence-electron chi connectivity index (χ3n) is 4.16. The van der Waals surface area contributed by atoms with E-state index in [1.807, 2.05) is 47.4 Å². The summed E-state index contributed by atoms with van der Waals surface area (Å²) in [5.41, 5.74) is 2.49. The highest BCUT2D eigenvalue weighted by atomic mass is 16.2. The number of benzene rings is 1. The Labute approximate surface area is 148 Å². The van der Waals surface area contributed by atoms with Crippen molar-refractivity contribution in [2.75, 3.05) is 6.54 Å². The van der Waals surface area contributed by atoms with Gasteiger partial charge in [-0.15, -0.1) is 0 Å². The molecule has 0 bridgehead atoms. The van der Waals surface area contributed by atoms with Crippen LogP contribution in [0, 0.1) is 0 Å². The summed E-state index contributed by atoms with van der Waals surface area (Å²) in [4.78, 5) is 24.0. The molecule has 0 radical (unpaired) electrons. The molecule has 5 nitrogen and oxygen atoms in total. The summed E-state index contributed by atoms with van der Waals surface area (Å²) in [6.45, 7) is 6.27. The fourth-order valence-electron chi connectivity index (χ4n) is 3.04. The van der Waals surface area contributed by atoms with Crippen molar-refractivity contribution in [1.82, 2.24) is 19.4 Å². The van der Waals surface area contributed by atoms with Crippen LogP contribution in [0.2, 0.25) is 0 Å². The number of aromatic nitrogens is 3. The Bertz CT molecular complexity index is 841. The molecule has 0 spiro atoms. The maximum absolute atomic E-state index is 12.9. The Morgan fingerprint density at radius 2 is 1.88 bits per heavy atom. The summed E-state index contributed by atoms with van der Waals surface area (Å²) in [5, 5.41) is 0. The van der Waals surface area contributed by atoms with E-state index in [9.17, 15) is 4.79 Å². The second-order valence-corrected chi connectivity index (χ2v) is 6.12. The topological polar surface area (TPSA) is 51.0 Å². The first-order valence-electron chi connectivity index (χ1n) is 8.89. The summed E-state index contributed by atoms with van der Waals surface area (Å²) in [6.07, 6.45) is 3.69. The van der Waals surface area contributed by atoms with E-state index in [0.717, 1.165) is 36.4 Å². The Balaban J connectivity index is 1.93. The van der Waals surface area contributed by atoms with Gasteiger partial charge in [0.2, 0.25) is 0 Å². The molecule has 0 aliphatic carbocycles. The number of carbonyl (C=O) groups is 1. The van der Waals surface area contributed by atoms with Gasteiger partial charge in [-0.05, 0) is 37.1 Å². The molecule has 25 heavy (non-hydrogen) atoms. The van der Waals surface area contributed by atoms with Crippen LogP contribution in [-0.2, 0) is 13.1 Å². The van der Waals surface area contributed by atoms with E-state index < -0.39 is 0 Å². The normalized spacial score (nSPS) is 11.0. The van der Waals surface area contributed by atoms with Gasteiger partial charge in [0, 0.05) is 24.8 Å². The van der Waals surface area contributed by atoms with Crippen molar-refractivity contribution in [1.29, 1.82) is 0 Å². The van der Waals surface area contributed by atoms with Crippen LogP contribution in [-0.4, -0.2) is 31.9 Å². The van der Waals surface area contributed by atoms with E-state index in [4.69, 9.17) is 4.98 Å². The van der Waals surface area contributed by atoms with Gasteiger partial charge >= 0.3 is 0 Å². The van der Waals surface area contributed by atoms with Crippen LogP contribution in [0.25, 0.3) is 11.2 Å². The first-order valence-corrected chi connectivity index (χ1v) is 8.89. The van der Waals surface area contributed by atoms with Gasteiger partial charge in [0.25, 0.3) is 5.91 Å². The average molecular weight is 336 g/mol. The highest BCUT2D eigenvalue weighted by Gasteiger charge is 2.19. The van der Waals surface area contributed by atoms with Crippen molar-refractivity contribution in [3.05, 3.63) is 60.0 Å². The van der Waals surface area contributed by atoms with Gasteiger partial charge < -0.3 is 9.47 Å². The Hall–Kier alpha value is -2.69. The molecule has 1 aromatic carbocycles. The van der Waals surface area contributed by atoms with Gasteiger partial charge in [-0.1, -0.05) is 32.0 Å². The van der Waals surface area contributed by atoms with E-state index >= 15 is 0 Å². The molecule has 0 saturated carbocycles. The molecule has 2 heterocycles. The van der Waals surface area contributed by atoms with Crippen molar-refractivity contribution in [2.45, 2.75) is 39.8 Å². The third kappa shape index (κ3) is 3.71. The number of amides is 1. The van der Waals surface area contributed by atoms with Crippen LogP contribution in [0.3, 0.4) is 0 Å². The highest BCUT2D eigenvalue weighted by molar-refractivity contribution is 5.94. The molecule has 5 heteroatoms. The van der Waals surface area contributed by atoms with E-state index in [2.05, 4.69) is 23.4 Å². The largest absolute Gasteiger partial charge is 0.331 e. The lowest BCUT2D eigenvalue weighted by Crippen LogP contribution is -2.32. The molecular weight excluding hydrogens is 312 g/mol. The van der Waals surface area contributed by atoms with Gasteiger partial charge in [0.05, 0.1) is 6.54 Å². The predicted octanol–water partition coefficient (Wildman–Crippen LogP) is 3.89. The van der Waals surface area contributed by atoms with E-state index in [0.29, 0.717) is 18.7 Å². The Morgan fingerprint density at radius 3 is 2.60 bits per heavy atom. The standard InChI is InChI=1S/C20H24N4O/c1-3-13-23(20(25)16-9-6-5-7-10-16)15-18-22-17-11-8-12-21-19(17)24(18)14-4-2/h5-12H,3-4,13-15H2,1-2H3. The maximum Gasteiger partial charge on any atom is 0.254 e. The minimum atomic E-state index is 0.0468. The number of rotatable bonds is 7. The van der Waals surface area contributed by atoms with Crippen molar-refractivity contribution < 1.29 is 4.79 Å². The van der Waals surface area contributed by atoms with Crippen LogP contribution >= 0.6 is 0 Å². The molecule has 0 unspecified atom stereocenters. The summed E-state index contributed by atoms with van der Waals surface area (Å²) in [6, 6.07) is 13.3. The summed E-state index contributed by atoms with van der Waals surface area (Å²) in [7, 11) is 0. The number of hydrogen-bond donors (Lipinski definition) is 0. The van der Waals surface area contributed by atoms with Crippen LogP contribution in [0.5, 0.6) is 0 Å². The lowest BCUT2D eigenvalue weighted by atomic mass is 10.2. The predicted molar refractivity (Wildman–Crippen MR) is 99.3 cm³/mol. The number of imidazole rings is 1. The SMILES string of the molecule is CCCN(Cc1nc2cccnc2n1CCC)C(=O)c1ccccc1. The summed E-state index contributed by atoms with van der Waals surface area (Å²) in [5.74, 6) is 0.943. The van der Waals surface area contributed by atoms with E-state index in [1.54, 1.807) is 6.20 Å². The molecule has 0 saturated heterocycles. The molecule has 0 aliphatic heterocycles. The molecule has 2 aromatic heterocycles. The van der Waals surface area contributed by atoms with Gasteiger partial charge in [-0.2, -0.15) is 0 Å². The van der Waals surface area contributed by atoms with Crippen LogP contribution in [0.15, 0.2) is 48.7 Å². The zero-order valence-corrected chi connectivity index (χ0v) is 14.9. The summed E-state index contributed by atoms with van der Waals surface area (Å²) < 4.78 is 2.14. The van der Waals surface area contributed by atoms with Crippen LogP contribution in [0.4, 0.5) is 0 Å². The number of hydrogen-bond acceptors (Lipinski definition) is 3. The quantitative estimate of drug-likeness (QED) is 0.657. The number of pyridine rings is 1. The first kappa shape index (κ1) is 17.1. The molecule has 3 aromatic rings. The number of nitrogens with zero attached hydrogens (tertiary/aromatic N) is 4. The van der Waals surface area contributed by atoms with Gasteiger partial charge in [-0.3, -0.25) is 4.79 Å². The highest BCUT2D eigenvalue weighted by Crippen LogP contribution is 2.17. The van der Waals surface area contributed by atoms with Crippen LogP contribution < -0.4 is 0 Å². The maximum atomic E-state index is 12.9. The fraction of sp³-hybridized carbons (Fsp3) is 0.350. The number of aryl methyl sites for hydroxylation is 1. The zero-order chi connectivity index (χ0) is 17.6. The minimum absolute atomic E-state index is 0.0468. The van der Waals surface area contributed by atoms with Gasteiger partial charge in [-0.25, -0.2) is 9.97 Å². The van der Waals surface area contributed by atoms with Gasteiger partial charge in [0.15, 0.2) is 5.65 Å². The monoisotopic (exact) mass is 336 g/mol. The zero-order valence-electron chi connectivity index (χ0n) is 14.9. The van der Waals surface area contributed by atoms with Crippen molar-refractivity contribution in [3.8, 4) is 0 Å². The lowest BCUT2D eigenvalue weighted by Gasteiger charge is -2.22. The Morgan fingerprint density at radius 1 is 1.08 bits per heavy atom. The second kappa shape index (κ2) is 7.92. The number of fused-ring (bicyclic) bond motifs is 1. The molecule has 130 valence electrons. The molecule has 0 atom stereocenters. The van der Waals surface area contributed by atoms with Crippen LogP contribution in [0.1, 0.15) is 42.9 Å². The lowest BCUT2D eigenvalue weighted by molar-refractivity contribution is 0.0737. The van der Waals surface area contributed by atoms with Gasteiger partial charge in [0.1, 0.15) is 11.3 Å². The second-order valence-electron chi connectivity index (χ2n) is 6.12. The van der Waals surface area contributed by atoms with Crippen molar-refractivity contribution in [3.63, 3.8) is 0 Å². The molecular formula is C20H24N4O.